The lowest BCUT2D eigenvalue weighted by Gasteiger charge is -2.31. The molecule has 0 bridgehead atoms. The van der Waals surface area contributed by atoms with E-state index < -0.39 is 5.97 Å². The van der Waals surface area contributed by atoms with Gasteiger partial charge in [0.25, 0.3) is 5.91 Å². The number of piperidine rings is 1. The number of carboxylic acids is 1. The summed E-state index contributed by atoms with van der Waals surface area (Å²) >= 11 is 0. The number of likely N-dealkylation sites (tertiary alicyclic amines) is 1. The van der Waals surface area contributed by atoms with Crippen molar-refractivity contribution in [2.75, 3.05) is 13.1 Å². The van der Waals surface area contributed by atoms with Crippen LogP contribution in [0.5, 0.6) is 5.75 Å². The fraction of sp³-hybridized carbons (Fsp3) is 0.400. The first kappa shape index (κ1) is 18.0. The van der Waals surface area contributed by atoms with Gasteiger partial charge in [0.2, 0.25) is 0 Å². The molecule has 1 aliphatic heterocycles. The molecule has 0 unspecified atom stereocenters. The number of furan rings is 1. The highest BCUT2D eigenvalue weighted by Gasteiger charge is 2.28. The number of nitrogens with zero attached hydrogens (tertiary/aromatic N) is 1. The van der Waals surface area contributed by atoms with Crippen LogP contribution in [0.25, 0.3) is 0 Å². The second-order valence-electron chi connectivity index (χ2n) is 6.53. The van der Waals surface area contributed by atoms with Crippen LogP contribution in [0, 0.1) is 6.92 Å². The molecule has 0 aliphatic carbocycles. The first-order valence-corrected chi connectivity index (χ1v) is 8.86. The summed E-state index contributed by atoms with van der Waals surface area (Å²) in [6, 6.07) is 9.26. The predicted molar refractivity (Wildman–Crippen MR) is 95.8 cm³/mol. The minimum absolute atomic E-state index is 0.0634. The maximum absolute atomic E-state index is 12.6. The smallest absolute Gasteiger partial charge is 0.339 e. The summed E-state index contributed by atoms with van der Waals surface area (Å²) in [5, 5.41) is 9.19. The van der Waals surface area contributed by atoms with Crippen LogP contribution in [0.3, 0.4) is 0 Å². The molecule has 6 nitrogen and oxygen atoms in total. The van der Waals surface area contributed by atoms with Crippen molar-refractivity contribution in [3.05, 3.63) is 53.0 Å². The average molecular weight is 357 g/mol. The van der Waals surface area contributed by atoms with Gasteiger partial charge in [-0.05, 0) is 19.1 Å². The van der Waals surface area contributed by atoms with Gasteiger partial charge in [-0.15, -0.1) is 0 Å². The molecule has 1 N–H and O–H groups in total. The second kappa shape index (κ2) is 7.64. The van der Waals surface area contributed by atoms with Crippen molar-refractivity contribution in [1.29, 1.82) is 0 Å². The Balaban J connectivity index is 1.60. The first-order chi connectivity index (χ1) is 12.5. The Hall–Kier alpha value is -2.76. The molecule has 0 spiro atoms. The maximum Gasteiger partial charge on any atom is 0.339 e. The monoisotopic (exact) mass is 357 g/mol. The lowest BCUT2D eigenvalue weighted by molar-refractivity contribution is 0.0564. The summed E-state index contributed by atoms with van der Waals surface area (Å²) in [6.45, 7) is 4.94. The molecule has 0 radical (unpaired) electrons. The van der Waals surface area contributed by atoms with Crippen LogP contribution < -0.4 is 4.74 Å². The van der Waals surface area contributed by atoms with Gasteiger partial charge in [0, 0.05) is 38.4 Å². The van der Waals surface area contributed by atoms with Crippen molar-refractivity contribution in [3.8, 4) is 5.75 Å². The standard InChI is InChI=1S/C20H23NO5/c1-3-17-16(20(23)24)12-18(26-17)19(22)21-10-8-15(9-11-21)25-14-6-4-13(2)5-7-14/h4-7,12,15H,3,8-11H2,1-2H3,(H,23,24). The van der Waals surface area contributed by atoms with Gasteiger partial charge in [0.1, 0.15) is 23.2 Å². The van der Waals surface area contributed by atoms with Crippen LogP contribution in [0.15, 0.2) is 34.7 Å². The molecule has 1 aromatic carbocycles. The van der Waals surface area contributed by atoms with Gasteiger partial charge in [-0.3, -0.25) is 4.79 Å². The highest BCUT2D eigenvalue weighted by atomic mass is 16.5. The number of hydrogen-bond donors (Lipinski definition) is 1. The number of rotatable bonds is 5. The summed E-state index contributed by atoms with van der Waals surface area (Å²) in [5.41, 5.74) is 1.25. The van der Waals surface area contributed by atoms with Gasteiger partial charge in [0.05, 0.1) is 0 Å². The summed E-state index contributed by atoms with van der Waals surface area (Å²) < 4.78 is 11.4. The number of aromatic carboxylic acids is 1. The molecular formula is C20H23NO5. The van der Waals surface area contributed by atoms with Crippen LogP contribution in [0.1, 0.15) is 52.0 Å². The number of carbonyl (C=O) groups is 2. The van der Waals surface area contributed by atoms with Crippen LogP contribution in [0.2, 0.25) is 0 Å². The quantitative estimate of drug-likeness (QED) is 0.885. The first-order valence-electron chi connectivity index (χ1n) is 8.86. The SMILES string of the molecule is CCc1oc(C(=O)N2CCC(Oc3ccc(C)cc3)CC2)cc1C(=O)O. The molecule has 1 saturated heterocycles. The van der Waals surface area contributed by atoms with Crippen molar-refractivity contribution in [1.82, 2.24) is 4.90 Å². The maximum atomic E-state index is 12.6. The van der Waals surface area contributed by atoms with E-state index in [2.05, 4.69) is 0 Å². The zero-order valence-electron chi connectivity index (χ0n) is 15.0. The van der Waals surface area contributed by atoms with E-state index >= 15 is 0 Å². The van der Waals surface area contributed by atoms with Crippen LogP contribution >= 0.6 is 0 Å². The number of carbonyl (C=O) groups excluding carboxylic acids is 1. The third kappa shape index (κ3) is 3.90. The van der Waals surface area contributed by atoms with Crippen molar-refractivity contribution in [3.63, 3.8) is 0 Å². The van der Waals surface area contributed by atoms with Gasteiger partial charge in [0.15, 0.2) is 5.76 Å². The normalized spacial score (nSPS) is 15.1. The fourth-order valence-corrected chi connectivity index (χ4v) is 3.12. The molecular weight excluding hydrogens is 334 g/mol. The van der Waals surface area contributed by atoms with E-state index in [0.29, 0.717) is 25.3 Å². The highest BCUT2D eigenvalue weighted by Crippen LogP contribution is 2.23. The Kier molecular flexibility index (Phi) is 5.30. The average Bonchev–Trinajstić information content (AvgIpc) is 3.08. The molecule has 26 heavy (non-hydrogen) atoms. The van der Waals surface area contributed by atoms with E-state index in [1.807, 2.05) is 31.2 Å². The van der Waals surface area contributed by atoms with E-state index in [1.165, 1.54) is 11.6 Å². The zero-order valence-corrected chi connectivity index (χ0v) is 15.0. The Morgan fingerprint density at radius 3 is 2.42 bits per heavy atom. The Labute approximate surface area is 152 Å². The third-order valence-corrected chi connectivity index (χ3v) is 4.62. The summed E-state index contributed by atoms with van der Waals surface area (Å²) in [6.07, 6.45) is 1.96. The van der Waals surface area contributed by atoms with Gasteiger partial charge in [-0.25, -0.2) is 4.79 Å². The van der Waals surface area contributed by atoms with E-state index in [0.717, 1.165) is 18.6 Å². The van der Waals surface area contributed by atoms with Crippen LogP contribution in [-0.2, 0) is 6.42 Å². The van der Waals surface area contributed by atoms with E-state index in [4.69, 9.17) is 9.15 Å². The summed E-state index contributed by atoms with van der Waals surface area (Å²) in [5.74, 6) is -0.0727. The Morgan fingerprint density at radius 1 is 1.23 bits per heavy atom. The zero-order chi connectivity index (χ0) is 18.7. The number of carboxylic acid groups (broad SMARTS) is 1. The van der Waals surface area contributed by atoms with Crippen molar-refractivity contribution < 1.29 is 23.8 Å². The minimum Gasteiger partial charge on any atom is -0.490 e. The molecule has 6 heteroatoms. The lowest BCUT2D eigenvalue weighted by Crippen LogP contribution is -2.41. The summed E-state index contributed by atoms with van der Waals surface area (Å²) in [7, 11) is 0. The number of benzene rings is 1. The van der Waals surface area contributed by atoms with Gasteiger partial charge in [-0.1, -0.05) is 24.6 Å². The molecule has 2 heterocycles. The molecule has 3 rings (SSSR count). The largest absolute Gasteiger partial charge is 0.490 e. The molecule has 1 amide bonds. The fourth-order valence-electron chi connectivity index (χ4n) is 3.12. The number of amides is 1. The lowest BCUT2D eigenvalue weighted by atomic mass is 10.1. The van der Waals surface area contributed by atoms with Crippen molar-refractivity contribution in [2.24, 2.45) is 0 Å². The van der Waals surface area contributed by atoms with Crippen molar-refractivity contribution >= 4 is 11.9 Å². The van der Waals surface area contributed by atoms with Gasteiger partial charge >= 0.3 is 5.97 Å². The highest BCUT2D eigenvalue weighted by molar-refractivity contribution is 5.96. The van der Waals surface area contributed by atoms with E-state index in [9.17, 15) is 14.7 Å². The minimum atomic E-state index is -1.07. The number of aryl methyl sites for hydroxylation is 2. The third-order valence-electron chi connectivity index (χ3n) is 4.62. The second-order valence-corrected chi connectivity index (χ2v) is 6.53. The van der Waals surface area contributed by atoms with E-state index in [-0.39, 0.29) is 23.3 Å². The molecule has 1 fully saturated rings. The van der Waals surface area contributed by atoms with Crippen molar-refractivity contribution in [2.45, 2.75) is 39.2 Å². The predicted octanol–water partition coefficient (Wildman–Crippen LogP) is 3.53. The molecule has 1 aliphatic rings. The molecule has 1 aromatic heterocycles. The number of ether oxygens (including phenoxy) is 1. The Morgan fingerprint density at radius 2 is 1.88 bits per heavy atom. The van der Waals surface area contributed by atoms with Crippen LogP contribution in [-0.4, -0.2) is 41.1 Å². The summed E-state index contributed by atoms with van der Waals surface area (Å²) in [4.78, 5) is 25.5. The van der Waals surface area contributed by atoms with Crippen LogP contribution in [0.4, 0.5) is 0 Å². The van der Waals surface area contributed by atoms with Gasteiger partial charge in [-0.2, -0.15) is 0 Å². The number of hydrogen-bond acceptors (Lipinski definition) is 4. The molecule has 0 saturated carbocycles. The molecule has 0 atom stereocenters. The molecule has 2 aromatic rings. The van der Waals surface area contributed by atoms with E-state index in [1.54, 1.807) is 11.8 Å². The molecule has 138 valence electrons. The van der Waals surface area contributed by atoms with Gasteiger partial charge < -0.3 is 19.2 Å². The topological polar surface area (TPSA) is 80.0 Å². The Bertz CT molecular complexity index is 785.